The number of hydrogen-bond donors (Lipinski definition) is 1. The lowest BCUT2D eigenvalue weighted by atomic mass is 10.1. The number of aryl methyl sites for hydroxylation is 1. The Labute approximate surface area is 84.6 Å². The Balaban J connectivity index is 2.72. The molecule has 0 aliphatic heterocycles. The maximum Gasteiger partial charge on any atom is 0.278 e. The zero-order chi connectivity index (χ0) is 10.4. The van der Waals surface area contributed by atoms with Gasteiger partial charge in [-0.25, -0.2) is 4.98 Å². The molecule has 0 radical (unpaired) electrons. The number of para-hydroxylation sites is 1. The number of rotatable bonds is 0. The maximum atomic E-state index is 11.6. The predicted octanol–water partition coefficient (Wildman–Crippen LogP) is 1.98. The van der Waals surface area contributed by atoms with Gasteiger partial charge >= 0.3 is 0 Å². The monoisotopic (exact) mass is 200 g/mol. The van der Waals surface area contributed by atoms with Gasteiger partial charge in [0.1, 0.15) is 0 Å². The second-order valence-electron chi connectivity index (χ2n) is 3.48. The molecule has 1 aromatic carbocycles. The van der Waals surface area contributed by atoms with Crippen molar-refractivity contribution in [3.8, 4) is 0 Å². The van der Waals surface area contributed by atoms with Crippen molar-refractivity contribution < 1.29 is 4.42 Å². The molecule has 0 fully saturated rings. The van der Waals surface area contributed by atoms with Gasteiger partial charge in [0.15, 0.2) is 17.5 Å². The van der Waals surface area contributed by atoms with Crippen molar-refractivity contribution in [1.82, 2.24) is 9.97 Å². The Hall–Kier alpha value is -2.10. The standard InChI is InChI=1S/C11H8N2O2/c1-6-3-2-4-7-8(6)13-11(14)9-10(7)15-5-12-9/h2-5H,1H3,(H,13,14). The Kier molecular flexibility index (Phi) is 1.48. The lowest BCUT2D eigenvalue weighted by molar-refractivity contribution is 0.605. The molecule has 74 valence electrons. The molecule has 2 aromatic heterocycles. The second-order valence-corrected chi connectivity index (χ2v) is 3.48. The molecule has 0 aliphatic rings. The van der Waals surface area contributed by atoms with Gasteiger partial charge < -0.3 is 9.40 Å². The van der Waals surface area contributed by atoms with Crippen LogP contribution in [0.5, 0.6) is 0 Å². The fourth-order valence-corrected chi connectivity index (χ4v) is 1.79. The van der Waals surface area contributed by atoms with Crippen molar-refractivity contribution in [1.29, 1.82) is 0 Å². The van der Waals surface area contributed by atoms with Gasteiger partial charge in [-0.15, -0.1) is 0 Å². The summed E-state index contributed by atoms with van der Waals surface area (Å²) in [6.07, 6.45) is 1.29. The molecule has 0 atom stereocenters. The van der Waals surface area contributed by atoms with Crippen LogP contribution in [0.4, 0.5) is 0 Å². The summed E-state index contributed by atoms with van der Waals surface area (Å²) >= 11 is 0. The summed E-state index contributed by atoms with van der Waals surface area (Å²) in [6, 6.07) is 5.78. The summed E-state index contributed by atoms with van der Waals surface area (Å²) in [5.41, 5.74) is 2.53. The summed E-state index contributed by atoms with van der Waals surface area (Å²) in [5.74, 6) is 0. The van der Waals surface area contributed by atoms with Crippen LogP contribution >= 0.6 is 0 Å². The van der Waals surface area contributed by atoms with E-state index in [1.807, 2.05) is 25.1 Å². The van der Waals surface area contributed by atoms with Crippen molar-refractivity contribution in [2.24, 2.45) is 0 Å². The average Bonchev–Trinajstić information content (AvgIpc) is 2.69. The maximum absolute atomic E-state index is 11.6. The van der Waals surface area contributed by atoms with Gasteiger partial charge in [-0.1, -0.05) is 12.1 Å². The summed E-state index contributed by atoms with van der Waals surface area (Å²) in [4.78, 5) is 18.3. The molecule has 0 saturated carbocycles. The van der Waals surface area contributed by atoms with Crippen LogP contribution in [0.15, 0.2) is 33.8 Å². The zero-order valence-electron chi connectivity index (χ0n) is 8.07. The molecule has 4 heteroatoms. The largest absolute Gasteiger partial charge is 0.443 e. The zero-order valence-corrected chi connectivity index (χ0v) is 8.07. The fraction of sp³-hybridized carbons (Fsp3) is 0.0909. The SMILES string of the molecule is Cc1cccc2c1[nH]c(=O)c1ncoc12. The Morgan fingerprint density at radius 3 is 3.13 bits per heavy atom. The minimum atomic E-state index is -0.208. The number of fused-ring (bicyclic) bond motifs is 3. The lowest BCUT2D eigenvalue weighted by Crippen LogP contribution is -2.06. The highest BCUT2D eigenvalue weighted by atomic mass is 16.3. The molecule has 1 N–H and O–H groups in total. The van der Waals surface area contributed by atoms with Gasteiger partial charge in [-0.2, -0.15) is 0 Å². The van der Waals surface area contributed by atoms with Gasteiger partial charge in [-0.3, -0.25) is 4.79 Å². The molecule has 0 unspecified atom stereocenters. The van der Waals surface area contributed by atoms with E-state index in [2.05, 4.69) is 9.97 Å². The van der Waals surface area contributed by atoms with Gasteiger partial charge in [-0.05, 0) is 18.6 Å². The number of nitrogens with one attached hydrogen (secondary N) is 1. The molecule has 0 amide bonds. The van der Waals surface area contributed by atoms with E-state index < -0.39 is 0 Å². The fourth-order valence-electron chi connectivity index (χ4n) is 1.79. The lowest BCUT2D eigenvalue weighted by Gasteiger charge is -2.00. The molecule has 0 saturated heterocycles. The van der Waals surface area contributed by atoms with Crippen LogP contribution in [0, 0.1) is 6.92 Å². The number of nitrogens with zero attached hydrogens (tertiary/aromatic N) is 1. The van der Waals surface area contributed by atoms with E-state index in [1.165, 1.54) is 6.39 Å². The van der Waals surface area contributed by atoms with Crippen molar-refractivity contribution in [3.63, 3.8) is 0 Å². The van der Waals surface area contributed by atoms with Crippen molar-refractivity contribution in [2.75, 3.05) is 0 Å². The molecule has 0 spiro atoms. The first kappa shape index (κ1) is 8.23. The molecule has 15 heavy (non-hydrogen) atoms. The Bertz CT molecular complexity index is 709. The molecule has 0 bridgehead atoms. The molecule has 3 aromatic rings. The quantitative estimate of drug-likeness (QED) is 0.603. The van der Waals surface area contributed by atoms with E-state index in [9.17, 15) is 4.79 Å². The highest BCUT2D eigenvalue weighted by Crippen LogP contribution is 2.22. The molecule has 2 heterocycles. The van der Waals surface area contributed by atoms with Gasteiger partial charge in [0, 0.05) is 5.39 Å². The van der Waals surface area contributed by atoms with Gasteiger partial charge in [0.25, 0.3) is 5.56 Å². The van der Waals surface area contributed by atoms with E-state index in [1.54, 1.807) is 0 Å². The topological polar surface area (TPSA) is 58.9 Å². The summed E-state index contributed by atoms with van der Waals surface area (Å²) < 4.78 is 5.24. The Morgan fingerprint density at radius 2 is 2.27 bits per heavy atom. The van der Waals surface area contributed by atoms with Crippen LogP contribution in [-0.2, 0) is 0 Å². The number of benzene rings is 1. The van der Waals surface area contributed by atoms with E-state index in [4.69, 9.17) is 4.42 Å². The van der Waals surface area contributed by atoms with Gasteiger partial charge in [0.05, 0.1) is 5.52 Å². The number of oxazole rings is 1. The highest BCUT2D eigenvalue weighted by molar-refractivity contribution is 6.01. The van der Waals surface area contributed by atoms with Crippen molar-refractivity contribution in [3.05, 3.63) is 40.5 Å². The van der Waals surface area contributed by atoms with Crippen LogP contribution in [0.1, 0.15) is 5.56 Å². The number of hydrogen-bond acceptors (Lipinski definition) is 3. The van der Waals surface area contributed by atoms with Crippen LogP contribution in [-0.4, -0.2) is 9.97 Å². The first-order chi connectivity index (χ1) is 7.27. The Morgan fingerprint density at radius 1 is 1.40 bits per heavy atom. The normalized spacial score (nSPS) is 11.3. The average molecular weight is 200 g/mol. The summed E-state index contributed by atoms with van der Waals surface area (Å²) in [7, 11) is 0. The third-order valence-electron chi connectivity index (χ3n) is 2.54. The summed E-state index contributed by atoms with van der Waals surface area (Å²) in [6.45, 7) is 1.94. The second kappa shape index (κ2) is 2.70. The van der Waals surface area contributed by atoms with Crippen molar-refractivity contribution >= 4 is 22.0 Å². The third kappa shape index (κ3) is 1.01. The van der Waals surface area contributed by atoms with E-state index >= 15 is 0 Å². The highest BCUT2D eigenvalue weighted by Gasteiger charge is 2.09. The number of aromatic amines is 1. The van der Waals surface area contributed by atoms with Crippen molar-refractivity contribution in [2.45, 2.75) is 6.92 Å². The van der Waals surface area contributed by atoms with Crippen LogP contribution in [0.3, 0.4) is 0 Å². The third-order valence-corrected chi connectivity index (χ3v) is 2.54. The molecular weight excluding hydrogens is 192 g/mol. The first-order valence-corrected chi connectivity index (χ1v) is 4.62. The molecular formula is C11H8N2O2. The molecule has 3 rings (SSSR count). The number of H-pyrrole nitrogens is 1. The molecule has 4 nitrogen and oxygen atoms in total. The number of pyridine rings is 1. The predicted molar refractivity (Wildman–Crippen MR) is 56.9 cm³/mol. The smallest absolute Gasteiger partial charge is 0.278 e. The minimum absolute atomic E-state index is 0.208. The van der Waals surface area contributed by atoms with E-state index in [0.29, 0.717) is 11.1 Å². The number of aromatic nitrogens is 2. The van der Waals surface area contributed by atoms with E-state index in [-0.39, 0.29) is 5.56 Å². The molecule has 0 aliphatic carbocycles. The van der Waals surface area contributed by atoms with Crippen LogP contribution in [0.25, 0.3) is 22.0 Å². The van der Waals surface area contributed by atoms with Gasteiger partial charge in [0.2, 0.25) is 0 Å². The summed E-state index contributed by atoms with van der Waals surface area (Å²) in [5, 5.41) is 0.891. The first-order valence-electron chi connectivity index (χ1n) is 4.62. The van der Waals surface area contributed by atoms with Crippen LogP contribution < -0.4 is 5.56 Å². The minimum Gasteiger partial charge on any atom is -0.443 e. The van der Waals surface area contributed by atoms with E-state index in [0.717, 1.165) is 16.5 Å². The van der Waals surface area contributed by atoms with Crippen LogP contribution in [0.2, 0.25) is 0 Å².